The summed E-state index contributed by atoms with van der Waals surface area (Å²) in [6, 6.07) is 7.12. The van der Waals surface area contributed by atoms with Gasteiger partial charge in [0.2, 0.25) is 0 Å². The molecule has 1 heterocycles. The zero-order valence-electron chi connectivity index (χ0n) is 19.4. The highest BCUT2D eigenvalue weighted by molar-refractivity contribution is 7.17. The third-order valence-electron chi connectivity index (χ3n) is 4.60. The lowest BCUT2D eigenvalue weighted by Crippen LogP contribution is -2.13. The summed E-state index contributed by atoms with van der Waals surface area (Å²) < 4.78 is 16.2. The van der Waals surface area contributed by atoms with Crippen molar-refractivity contribution in [3.05, 3.63) is 39.9 Å². The van der Waals surface area contributed by atoms with Crippen LogP contribution in [-0.4, -0.2) is 37.2 Å². The Balaban J connectivity index is 2.11. The predicted octanol–water partition coefficient (Wildman–Crippen LogP) is 5.14. The number of ether oxygens (including phenoxy) is 3. The van der Waals surface area contributed by atoms with E-state index in [2.05, 4.69) is 17.2 Å². The number of hydrogen-bond acceptors (Lipinski definition) is 8. The van der Waals surface area contributed by atoms with E-state index < -0.39 is 11.9 Å². The summed E-state index contributed by atoms with van der Waals surface area (Å²) in [5.74, 6) is 0.00567. The normalized spacial score (nSPS) is 10.9. The number of esters is 1. The summed E-state index contributed by atoms with van der Waals surface area (Å²) in [5, 5.41) is 12.3. The number of carbonyl (C=O) groups excluding carboxylic acids is 2. The molecule has 0 saturated heterocycles. The number of aryl methyl sites for hydroxylation is 1. The van der Waals surface area contributed by atoms with E-state index in [1.165, 1.54) is 19.6 Å². The highest BCUT2D eigenvalue weighted by Gasteiger charge is 2.19. The van der Waals surface area contributed by atoms with Crippen molar-refractivity contribution in [3.63, 3.8) is 0 Å². The molecule has 2 rings (SSSR count). The van der Waals surface area contributed by atoms with E-state index in [9.17, 15) is 14.9 Å². The van der Waals surface area contributed by atoms with Crippen LogP contribution in [0, 0.1) is 18.3 Å². The van der Waals surface area contributed by atoms with Crippen molar-refractivity contribution in [2.24, 2.45) is 0 Å². The summed E-state index contributed by atoms with van der Waals surface area (Å²) in [6.45, 7) is 6.36. The number of rotatable bonds is 12. The van der Waals surface area contributed by atoms with Gasteiger partial charge < -0.3 is 14.2 Å². The van der Waals surface area contributed by atoms with Crippen molar-refractivity contribution in [2.75, 3.05) is 25.6 Å². The molecule has 1 aromatic carbocycles. The Hall–Kier alpha value is -3.38. The fraction of sp³-hybridized carbons (Fsp3) is 0.417. The third-order valence-corrected chi connectivity index (χ3v) is 5.65. The second-order valence-corrected chi connectivity index (χ2v) is 8.10. The SMILES string of the molecule is CCCCCCOc1ccc(/C=C(\C#N)C(=O)Nc2nc(C)c(C(=O)OCC)s2)cc1OC. The van der Waals surface area contributed by atoms with E-state index in [1.807, 2.05) is 6.07 Å². The van der Waals surface area contributed by atoms with Gasteiger partial charge in [-0.15, -0.1) is 0 Å². The summed E-state index contributed by atoms with van der Waals surface area (Å²) >= 11 is 1.000. The van der Waals surface area contributed by atoms with Crippen molar-refractivity contribution in [1.29, 1.82) is 5.26 Å². The zero-order valence-corrected chi connectivity index (χ0v) is 20.2. The molecule has 176 valence electrons. The van der Waals surface area contributed by atoms with E-state index in [-0.39, 0.29) is 17.3 Å². The van der Waals surface area contributed by atoms with E-state index in [0.29, 0.717) is 34.2 Å². The topological polar surface area (TPSA) is 111 Å². The average Bonchev–Trinajstić information content (AvgIpc) is 3.17. The maximum Gasteiger partial charge on any atom is 0.350 e. The minimum Gasteiger partial charge on any atom is -0.493 e. The van der Waals surface area contributed by atoms with Gasteiger partial charge in [0.15, 0.2) is 16.6 Å². The molecule has 0 aliphatic rings. The van der Waals surface area contributed by atoms with Gasteiger partial charge in [-0.3, -0.25) is 10.1 Å². The first-order chi connectivity index (χ1) is 15.9. The number of methoxy groups -OCH3 is 1. The molecule has 0 bridgehead atoms. The van der Waals surface area contributed by atoms with Crippen LogP contribution in [0.5, 0.6) is 11.5 Å². The summed E-state index contributed by atoms with van der Waals surface area (Å²) in [6.07, 6.45) is 5.86. The zero-order chi connectivity index (χ0) is 24.2. The number of thiazole rings is 1. The van der Waals surface area contributed by atoms with Crippen molar-refractivity contribution in [1.82, 2.24) is 4.98 Å². The predicted molar refractivity (Wildman–Crippen MR) is 128 cm³/mol. The molecule has 0 aliphatic carbocycles. The van der Waals surface area contributed by atoms with Crippen LogP contribution in [0.15, 0.2) is 23.8 Å². The molecule has 8 nitrogen and oxygen atoms in total. The third kappa shape index (κ3) is 7.61. The number of nitrogens with one attached hydrogen (secondary N) is 1. The Bertz CT molecular complexity index is 1040. The van der Waals surface area contributed by atoms with Crippen LogP contribution in [0.3, 0.4) is 0 Å². The van der Waals surface area contributed by atoms with Crippen LogP contribution in [0.25, 0.3) is 6.08 Å². The Kier molecular flexibility index (Phi) is 10.4. The molecule has 0 spiro atoms. The molecule has 0 unspecified atom stereocenters. The van der Waals surface area contributed by atoms with Gasteiger partial charge in [0.25, 0.3) is 5.91 Å². The Morgan fingerprint density at radius 1 is 1.21 bits per heavy atom. The van der Waals surface area contributed by atoms with Gasteiger partial charge in [-0.1, -0.05) is 43.6 Å². The van der Waals surface area contributed by atoms with E-state index in [1.54, 1.807) is 32.0 Å². The molecule has 1 amide bonds. The number of anilines is 1. The molecule has 1 aromatic heterocycles. The molecule has 0 fully saturated rings. The molecule has 1 N–H and O–H groups in total. The number of amides is 1. The molecular weight excluding hydrogens is 442 g/mol. The van der Waals surface area contributed by atoms with Gasteiger partial charge >= 0.3 is 5.97 Å². The molecule has 0 saturated carbocycles. The van der Waals surface area contributed by atoms with E-state index >= 15 is 0 Å². The smallest absolute Gasteiger partial charge is 0.350 e. The Morgan fingerprint density at radius 3 is 2.67 bits per heavy atom. The van der Waals surface area contributed by atoms with Gasteiger partial charge in [-0.2, -0.15) is 5.26 Å². The number of nitrogens with zero attached hydrogens (tertiary/aromatic N) is 2. The standard InChI is InChI=1S/C24H29N3O5S/c1-5-7-8-9-12-32-19-11-10-17(14-20(19)30-4)13-18(15-25)22(28)27-24-26-16(3)21(33-24)23(29)31-6-2/h10-11,13-14H,5-9,12H2,1-4H3,(H,26,27,28)/b18-13+. The molecule has 9 heteroatoms. The van der Waals surface area contributed by atoms with Gasteiger partial charge in [0.05, 0.1) is 26.0 Å². The molecular formula is C24H29N3O5S. The maximum atomic E-state index is 12.6. The average molecular weight is 472 g/mol. The van der Waals surface area contributed by atoms with Crippen molar-refractivity contribution >= 4 is 34.4 Å². The molecule has 0 aliphatic heterocycles. The molecule has 0 atom stereocenters. The van der Waals surface area contributed by atoms with Gasteiger partial charge in [-0.25, -0.2) is 9.78 Å². The maximum absolute atomic E-state index is 12.6. The fourth-order valence-corrected chi connectivity index (χ4v) is 3.78. The summed E-state index contributed by atoms with van der Waals surface area (Å²) in [7, 11) is 1.54. The second-order valence-electron chi connectivity index (χ2n) is 7.10. The van der Waals surface area contributed by atoms with Gasteiger partial charge in [0.1, 0.15) is 16.5 Å². The molecule has 2 aromatic rings. The van der Waals surface area contributed by atoms with Crippen LogP contribution < -0.4 is 14.8 Å². The second kappa shape index (κ2) is 13.2. The first-order valence-corrected chi connectivity index (χ1v) is 11.6. The summed E-state index contributed by atoms with van der Waals surface area (Å²) in [5.41, 5.74) is 0.946. The number of aromatic nitrogens is 1. The van der Waals surface area contributed by atoms with Crippen molar-refractivity contribution in [3.8, 4) is 17.6 Å². The van der Waals surface area contributed by atoms with Crippen molar-refractivity contribution < 1.29 is 23.8 Å². The van der Waals surface area contributed by atoms with Crippen molar-refractivity contribution in [2.45, 2.75) is 46.5 Å². The first-order valence-electron chi connectivity index (χ1n) is 10.8. The van der Waals surface area contributed by atoms with Crippen LogP contribution >= 0.6 is 11.3 Å². The highest BCUT2D eigenvalue weighted by Crippen LogP contribution is 2.29. The number of benzene rings is 1. The highest BCUT2D eigenvalue weighted by atomic mass is 32.1. The lowest BCUT2D eigenvalue weighted by atomic mass is 10.1. The van der Waals surface area contributed by atoms with Crippen LogP contribution in [0.4, 0.5) is 5.13 Å². The Morgan fingerprint density at radius 2 is 2.00 bits per heavy atom. The van der Waals surface area contributed by atoms with E-state index in [0.717, 1.165) is 30.6 Å². The minimum atomic E-state index is -0.628. The quantitative estimate of drug-likeness (QED) is 0.197. The van der Waals surface area contributed by atoms with Gasteiger partial charge in [0, 0.05) is 0 Å². The van der Waals surface area contributed by atoms with Gasteiger partial charge in [-0.05, 0) is 44.0 Å². The number of hydrogen-bond donors (Lipinski definition) is 1. The lowest BCUT2D eigenvalue weighted by Gasteiger charge is -2.11. The van der Waals surface area contributed by atoms with Crippen LogP contribution in [0.1, 0.15) is 60.5 Å². The largest absolute Gasteiger partial charge is 0.493 e. The monoisotopic (exact) mass is 471 g/mol. The minimum absolute atomic E-state index is 0.115. The molecule has 0 radical (unpaired) electrons. The number of carbonyl (C=O) groups is 2. The molecule has 33 heavy (non-hydrogen) atoms. The van der Waals surface area contributed by atoms with Crippen LogP contribution in [0.2, 0.25) is 0 Å². The van der Waals surface area contributed by atoms with E-state index in [4.69, 9.17) is 14.2 Å². The van der Waals surface area contributed by atoms with Crippen LogP contribution in [-0.2, 0) is 9.53 Å². The Labute approximate surface area is 198 Å². The number of unbranched alkanes of at least 4 members (excludes halogenated alkanes) is 3. The first kappa shape index (κ1) is 25.9. The summed E-state index contributed by atoms with van der Waals surface area (Å²) in [4.78, 5) is 29.0. The fourth-order valence-electron chi connectivity index (χ4n) is 2.92. The lowest BCUT2D eigenvalue weighted by molar-refractivity contribution is -0.112. The number of nitriles is 1.